The fourth-order valence-corrected chi connectivity index (χ4v) is 2.47. The van der Waals surface area contributed by atoms with E-state index in [9.17, 15) is 0 Å². The molecule has 0 radical (unpaired) electrons. The molecular formula is C17H18O2. The smallest absolute Gasteiger partial charge is 0.122 e. The van der Waals surface area contributed by atoms with Gasteiger partial charge in [0.1, 0.15) is 24.7 Å². The number of ether oxygens (including phenoxy) is 2. The minimum absolute atomic E-state index is 0.571. The lowest BCUT2D eigenvalue weighted by molar-refractivity contribution is 0.217. The molecule has 19 heavy (non-hydrogen) atoms. The molecule has 0 unspecified atom stereocenters. The lowest BCUT2D eigenvalue weighted by Gasteiger charge is -2.09. The number of aryl methyl sites for hydroxylation is 2. The van der Waals surface area contributed by atoms with Gasteiger partial charge in [0.2, 0.25) is 0 Å². The molecule has 0 aromatic heterocycles. The maximum atomic E-state index is 5.73. The van der Waals surface area contributed by atoms with Crippen molar-refractivity contribution in [2.24, 2.45) is 0 Å². The van der Waals surface area contributed by atoms with Gasteiger partial charge in [0.05, 0.1) is 0 Å². The molecule has 98 valence electrons. The van der Waals surface area contributed by atoms with E-state index in [1.165, 1.54) is 30.4 Å². The van der Waals surface area contributed by atoms with Crippen molar-refractivity contribution in [3.63, 3.8) is 0 Å². The van der Waals surface area contributed by atoms with Gasteiger partial charge >= 0.3 is 0 Å². The zero-order valence-electron chi connectivity index (χ0n) is 11.0. The fourth-order valence-electron chi connectivity index (χ4n) is 2.47. The Kier molecular flexibility index (Phi) is 3.68. The summed E-state index contributed by atoms with van der Waals surface area (Å²) in [5.74, 6) is 1.84. The molecule has 0 spiro atoms. The van der Waals surface area contributed by atoms with E-state index in [1.54, 1.807) is 0 Å². The van der Waals surface area contributed by atoms with Gasteiger partial charge in [-0.1, -0.05) is 24.3 Å². The predicted molar refractivity (Wildman–Crippen MR) is 75.9 cm³/mol. The van der Waals surface area contributed by atoms with Crippen LogP contribution in [-0.2, 0) is 12.8 Å². The predicted octanol–water partition coefficient (Wildman–Crippen LogP) is 3.63. The minimum Gasteiger partial charge on any atom is -0.490 e. The molecule has 2 aromatic rings. The quantitative estimate of drug-likeness (QED) is 0.758. The van der Waals surface area contributed by atoms with Gasteiger partial charge in [0.25, 0.3) is 0 Å². The van der Waals surface area contributed by atoms with Gasteiger partial charge in [0.15, 0.2) is 0 Å². The Balaban J connectivity index is 1.48. The second kappa shape index (κ2) is 5.79. The van der Waals surface area contributed by atoms with Crippen LogP contribution in [0.5, 0.6) is 11.5 Å². The van der Waals surface area contributed by atoms with Crippen LogP contribution in [0, 0.1) is 0 Å². The van der Waals surface area contributed by atoms with Crippen molar-refractivity contribution in [1.82, 2.24) is 0 Å². The molecule has 0 bridgehead atoms. The lowest BCUT2D eigenvalue weighted by Crippen LogP contribution is -2.09. The number of benzene rings is 2. The van der Waals surface area contributed by atoms with Crippen molar-refractivity contribution in [2.75, 3.05) is 13.2 Å². The maximum absolute atomic E-state index is 5.73. The highest BCUT2D eigenvalue weighted by Gasteiger charge is 2.10. The molecule has 0 saturated heterocycles. The van der Waals surface area contributed by atoms with E-state index in [-0.39, 0.29) is 0 Å². The van der Waals surface area contributed by atoms with E-state index in [1.807, 2.05) is 30.3 Å². The summed E-state index contributed by atoms with van der Waals surface area (Å²) < 4.78 is 11.3. The van der Waals surface area contributed by atoms with Crippen LogP contribution in [0.2, 0.25) is 0 Å². The fraction of sp³-hybridized carbons (Fsp3) is 0.294. The summed E-state index contributed by atoms with van der Waals surface area (Å²) >= 11 is 0. The van der Waals surface area contributed by atoms with Gasteiger partial charge < -0.3 is 9.47 Å². The normalized spacial score (nSPS) is 13.1. The highest BCUT2D eigenvalue weighted by molar-refractivity contribution is 5.38. The van der Waals surface area contributed by atoms with Crippen molar-refractivity contribution in [1.29, 1.82) is 0 Å². The Labute approximate surface area is 114 Å². The van der Waals surface area contributed by atoms with E-state index >= 15 is 0 Å². The van der Waals surface area contributed by atoms with Crippen LogP contribution in [0.15, 0.2) is 48.5 Å². The zero-order valence-corrected chi connectivity index (χ0v) is 11.0. The molecule has 0 N–H and O–H groups in total. The number of rotatable bonds is 5. The Morgan fingerprint density at radius 2 is 1.47 bits per heavy atom. The van der Waals surface area contributed by atoms with Gasteiger partial charge in [-0.3, -0.25) is 0 Å². The summed E-state index contributed by atoms with van der Waals surface area (Å²) in [5.41, 5.74) is 2.93. The Hall–Kier alpha value is -1.96. The van der Waals surface area contributed by atoms with E-state index in [0.29, 0.717) is 13.2 Å². The van der Waals surface area contributed by atoms with E-state index in [2.05, 4.69) is 18.2 Å². The molecule has 1 aliphatic rings. The Morgan fingerprint density at radius 3 is 2.32 bits per heavy atom. The summed E-state index contributed by atoms with van der Waals surface area (Å²) in [6.45, 7) is 1.15. The molecule has 0 atom stereocenters. The standard InChI is InChI=1S/C17H18O2/c1-2-7-16(8-3-1)18-11-12-19-17-10-9-14-5-4-6-15(14)13-17/h1-3,7-10,13H,4-6,11-12H2. The highest BCUT2D eigenvalue weighted by atomic mass is 16.5. The van der Waals surface area contributed by atoms with Crippen LogP contribution >= 0.6 is 0 Å². The minimum atomic E-state index is 0.571. The van der Waals surface area contributed by atoms with Gasteiger partial charge in [-0.05, 0) is 54.7 Å². The number of hydrogen-bond acceptors (Lipinski definition) is 2. The topological polar surface area (TPSA) is 18.5 Å². The summed E-state index contributed by atoms with van der Waals surface area (Å²) in [6, 6.07) is 16.2. The lowest BCUT2D eigenvalue weighted by atomic mass is 10.1. The van der Waals surface area contributed by atoms with E-state index < -0.39 is 0 Å². The molecule has 0 fully saturated rings. The Morgan fingerprint density at radius 1 is 0.737 bits per heavy atom. The SMILES string of the molecule is c1ccc(OCCOc2ccc3c(c2)CCC3)cc1. The third-order valence-corrected chi connectivity index (χ3v) is 3.43. The average molecular weight is 254 g/mol. The molecule has 2 nitrogen and oxygen atoms in total. The number of hydrogen-bond donors (Lipinski definition) is 0. The summed E-state index contributed by atoms with van der Waals surface area (Å²) in [5, 5.41) is 0. The molecule has 2 heteroatoms. The van der Waals surface area contributed by atoms with Gasteiger partial charge in [0, 0.05) is 0 Å². The Bertz CT molecular complexity index is 534. The van der Waals surface area contributed by atoms with Crippen molar-refractivity contribution in [2.45, 2.75) is 19.3 Å². The monoisotopic (exact) mass is 254 g/mol. The van der Waals surface area contributed by atoms with Crippen LogP contribution in [0.1, 0.15) is 17.5 Å². The summed E-state index contributed by atoms with van der Waals surface area (Å²) in [7, 11) is 0. The first-order valence-corrected chi connectivity index (χ1v) is 6.84. The van der Waals surface area contributed by atoms with Gasteiger partial charge in [-0.2, -0.15) is 0 Å². The van der Waals surface area contributed by atoms with Crippen LogP contribution in [-0.4, -0.2) is 13.2 Å². The van der Waals surface area contributed by atoms with Crippen LogP contribution in [0.4, 0.5) is 0 Å². The zero-order chi connectivity index (χ0) is 12.9. The number of fused-ring (bicyclic) bond motifs is 1. The summed E-state index contributed by atoms with van der Waals surface area (Å²) in [6.07, 6.45) is 3.68. The third-order valence-electron chi connectivity index (χ3n) is 3.43. The van der Waals surface area contributed by atoms with Crippen molar-refractivity contribution in [3.05, 3.63) is 59.7 Å². The van der Waals surface area contributed by atoms with Crippen molar-refractivity contribution < 1.29 is 9.47 Å². The van der Waals surface area contributed by atoms with Gasteiger partial charge in [-0.15, -0.1) is 0 Å². The molecular weight excluding hydrogens is 236 g/mol. The highest BCUT2D eigenvalue weighted by Crippen LogP contribution is 2.25. The molecule has 0 heterocycles. The van der Waals surface area contributed by atoms with Gasteiger partial charge in [-0.25, -0.2) is 0 Å². The van der Waals surface area contributed by atoms with Crippen LogP contribution < -0.4 is 9.47 Å². The van der Waals surface area contributed by atoms with E-state index in [0.717, 1.165) is 11.5 Å². The van der Waals surface area contributed by atoms with Crippen LogP contribution in [0.3, 0.4) is 0 Å². The first-order valence-electron chi connectivity index (χ1n) is 6.84. The largest absolute Gasteiger partial charge is 0.490 e. The molecule has 0 saturated carbocycles. The van der Waals surface area contributed by atoms with Crippen molar-refractivity contribution in [3.8, 4) is 11.5 Å². The molecule has 0 amide bonds. The van der Waals surface area contributed by atoms with Crippen molar-refractivity contribution >= 4 is 0 Å². The first kappa shape index (κ1) is 12.1. The summed E-state index contributed by atoms with van der Waals surface area (Å²) in [4.78, 5) is 0. The molecule has 1 aliphatic carbocycles. The second-order valence-electron chi connectivity index (χ2n) is 4.79. The van der Waals surface area contributed by atoms with Crippen LogP contribution in [0.25, 0.3) is 0 Å². The third kappa shape index (κ3) is 3.08. The molecule has 0 aliphatic heterocycles. The molecule has 3 rings (SSSR count). The second-order valence-corrected chi connectivity index (χ2v) is 4.79. The maximum Gasteiger partial charge on any atom is 0.122 e. The number of para-hydroxylation sites is 1. The molecule has 2 aromatic carbocycles. The first-order chi connectivity index (χ1) is 9.42. The average Bonchev–Trinajstić information content (AvgIpc) is 2.92. The van der Waals surface area contributed by atoms with E-state index in [4.69, 9.17) is 9.47 Å².